The lowest BCUT2D eigenvalue weighted by atomic mass is 10.1. The molecule has 172 valence electrons. The van der Waals surface area contributed by atoms with Crippen molar-refractivity contribution in [2.24, 2.45) is 0 Å². The second-order valence-corrected chi connectivity index (χ2v) is 9.07. The molecule has 0 spiro atoms. The lowest BCUT2D eigenvalue weighted by molar-refractivity contribution is -0.0660. The van der Waals surface area contributed by atoms with Crippen LogP contribution in [0.3, 0.4) is 0 Å². The topological polar surface area (TPSA) is 58.5 Å². The zero-order chi connectivity index (χ0) is 22.4. The summed E-state index contributed by atoms with van der Waals surface area (Å²) in [6.07, 6.45) is 3.89. The van der Waals surface area contributed by atoms with Crippen molar-refractivity contribution >= 4 is 17.3 Å². The van der Waals surface area contributed by atoms with Crippen molar-refractivity contribution < 1.29 is 13.5 Å². The van der Waals surface area contributed by atoms with Crippen LogP contribution in [0.15, 0.2) is 42.7 Å². The molecule has 3 aromatic rings. The van der Waals surface area contributed by atoms with Gasteiger partial charge in [-0.3, -0.25) is 4.90 Å². The van der Waals surface area contributed by atoms with Gasteiger partial charge in [-0.2, -0.15) is 4.98 Å². The maximum absolute atomic E-state index is 13.6. The molecule has 1 aromatic heterocycles. The number of benzene rings is 2. The van der Waals surface area contributed by atoms with Crippen molar-refractivity contribution in [3.05, 3.63) is 59.9 Å². The monoisotopic (exact) mass is 452 g/mol. The van der Waals surface area contributed by atoms with Crippen molar-refractivity contribution in [2.45, 2.75) is 24.8 Å². The summed E-state index contributed by atoms with van der Waals surface area (Å²) in [5, 5.41) is 7.65. The molecule has 2 aromatic carbocycles. The first kappa shape index (κ1) is 20.6. The number of anilines is 3. The number of aromatic nitrogens is 3. The zero-order valence-electron chi connectivity index (χ0n) is 18.3. The molecule has 1 aliphatic carbocycles. The predicted octanol–water partition coefficient (Wildman–Crippen LogP) is 3.69. The van der Waals surface area contributed by atoms with Crippen LogP contribution in [0.4, 0.5) is 26.1 Å². The molecular formula is C24H26F2N6O. The van der Waals surface area contributed by atoms with Gasteiger partial charge in [0.2, 0.25) is 5.95 Å². The summed E-state index contributed by atoms with van der Waals surface area (Å²) in [4.78, 5) is 9.25. The van der Waals surface area contributed by atoms with E-state index in [4.69, 9.17) is 4.74 Å². The molecule has 3 heterocycles. The van der Waals surface area contributed by atoms with Gasteiger partial charge in [0, 0.05) is 43.6 Å². The first-order chi connectivity index (χ1) is 16.1. The fraction of sp³-hybridized carbons (Fsp3) is 0.417. The third-order valence-electron chi connectivity index (χ3n) is 6.66. The standard InChI is InChI=1S/C24H26F2N6O/c25-18-9-19(26)11-22(10-18)32-15-27-24(29-32)28-20-7-17(16-1-2-16)8-21(12-20)30-3-5-31(6-4-30)23-13-33-14-23/h7-12,15-16,23H,1-6,13-14H2,(H,28,29). The summed E-state index contributed by atoms with van der Waals surface area (Å²) >= 11 is 0. The number of nitrogens with one attached hydrogen (secondary N) is 1. The highest BCUT2D eigenvalue weighted by atomic mass is 19.1. The van der Waals surface area contributed by atoms with Gasteiger partial charge in [-0.15, -0.1) is 5.10 Å². The van der Waals surface area contributed by atoms with Crippen molar-refractivity contribution in [1.29, 1.82) is 0 Å². The van der Waals surface area contributed by atoms with Crippen LogP contribution in [0, 0.1) is 11.6 Å². The minimum atomic E-state index is -0.651. The molecule has 9 heteroatoms. The summed E-state index contributed by atoms with van der Waals surface area (Å²) in [6.45, 7) is 5.77. The van der Waals surface area contributed by atoms with Crippen LogP contribution in [-0.4, -0.2) is 65.1 Å². The van der Waals surface area contributed by atoms with Gasteiger partial charge in [0.15, 0.2) is 0 Å². The van der Waals surface area contributed by atoms with Crippen LogP contribution in [0.1, 0.15) is 24.3 Å². The summed E-state index contributed by atoms with van der Waals surface area (Å²) < 4.78 is 33.9. The number of hydrogen-bond acceptors (Lipinski definition) is 6. The molecule has 3 aliphatic rings. The van der Waals surface area contributed by atoms with Crippen molar-refractivity contribution in [3.8, 4) is 5.69 Å². The Morgan fingerprint density at radius 1 is 0.879 bits per heavy atom. The van der Waals surface area contributed by atoms with Gasteiger partial charge in [0.25, 0.3) is 0 Å². The van der Waals surface area contributed by atoms with Gasteiger partial charge in [-0.1, -0.05) is 0 Å². The summed E-state index contributed by atoms with van der Waals surface area (Å²) in [7, 11) is 0. The quantitative estimate of drug-likeness (QED) is 0.616. The molecule has 0 radical (unpaired) electrons. The van der Waals surface area contributed by atoms with E-state index in [2.05, 4.69) is 43.4 Å². The molecule has 0 unspecified atom stereocenters. The Bertz CT molecular complexity index is 1130. The predicted molar refractivity (Wildman–Crippen MR) is 121 cm³/mol. The Morgan fingerprint density at radius 3 is 2.30 bits per heavy atom. The van der Waals surface area contributed by atoms with Crippen LogP contribution in [0.2, 0.25) is 0 Å². The number of nitrogens with zero attached hydrogens (tertiary/aromatic N) is 5. The van der Waals surface area contributed by atoms with Gasteiger partial charge in [-0.25, -0.2) is 13.5 Å². The molecule has 0 atom stereocenters. The number of piperazine rings is 1. The smallest absolute Gasteiger partial charge is 0.246 e. The Balaban J connectivity index is 1.21. The first-order valence-corrected chi connectivity index (χ1v) is 11.5. The number of rotatable bonds is 6. The molecular weight excluding hydrogens is 426 g/mol. The highest BCUT2D eigenvalue weighted by molar-refractivity contribution is 5.65. The van der Waals surface area contributed by atoms with Gasteiger partial charge in [-0.05, 0) is 54.7 Å². The van der Waals surface area contributed by atoms with E-state index in [1.807, 2.05) is 0 Å². The Labute approximate surface area is 191 Å². The summed E-state index contributed by atoms with van der Waals surface area (Å²) in [5.74, 6) is -0.309. The summed E-state index contributed by atoms with van der Waals surface area (Å²) in [6, 6.07) is 10.5. The zero-order valence-corrected chi connectivity index (χ0v) is 18.3. The molecule has 2 aliphatic heterocycles. The van der Waals surface area contributed by atoms with Crippen molar-refractivity contribution in [3.63, 3.8) is 0 Å². The summed E-state index contributed by atoms with van der Waals surface area (Å²) in [5.41, 5.74) is 3.75. The van der Waals surface area contributed by atoms with E-state index in [9.17, 15) is 8.78 Å². The Morgan fingerprint density at radius 2 is 1.64 bits per heavy atom. The highest BCUT2D eigenvalue weighted by Gasteiger charge is 2.30. The molecule has 2 saturated heterocycles. The van der Waals surface area contributed by atoms with E-state index >= 15 is 0 Å². The van der Waals surface area contributed by atoms with E-state index in [1.165, 1.54) is 47.2 Å². The van der Waals surface area contributed by atoms with Crippen molar-refractivity contribution in [1.82, 2.24) is 19.7 Å². The molecule has 1 N–H and O–H groups in total. The fourth-order valence-electron chi connectivity index (χ4n) is 4.57. The Hall–Kier alpha value is -3.04. The maximum Gasteiger partial charge on any atom is 0.246 e. The second-order valence-electron chi connectivity index (χ2n) is 9.07. The van der Waals surface area contributed by atoms with E-state index in [1.54, 1.807) is 0 Å². The molecule has 6 rings (SSSR count). The van der Waals surface area contributed by atoms with Crippen LogP contribution in [0.5, 0.6) is 0 Å². The molecule has 3 fully saturated rings. The highest BCUT2D eigenvalue weighted by Crippen LogP contribution is 2.42. The van der Waals surface area contributed by atoms with Crippen molar-refractivity contribution in [2.75, 3.05) is 49.6 Å². The van der Waals surface area contributed by atoms with Crippen LogP contribution in [-0.2, 0) is 4.74 Å². The van der Waals surface area contributed by atoms with Crippen LogP contribution < -0.4 is 10.2 Å². The fourth-order valence-corrected chi connectivity index (χ4v) is 4.57. The lowest BCUT2D eigenvalue weighted by Gasteiger charge is -2.43. The minimum absolute atomic E-state index is 0.287. The van der Waals surface area contributed by atoms with E-state index in [-0.39, 0.29) is 5.69 Å². The Kier molecular flexibility index (Phi) is 5.22. The van der Waals surface area contributed by atoms with E-state index < -0.39 is 11.6 Å². The largest absolute Gasteiger partial charge is 0.378 e. The third kappa shape index (κ3) is 4.43. The van der Waals surface area contributed by atoms with Gasteiger partial charge in [0.1, 0.15) is 18.0 Å². The molecule has 0 bridgehead atoms. The normalized spacial score (nSPS) is 19.5. The van der Waals surface area contributed by atoms with Gasteiger partial charge in [0.05, 0.1) is 24.9 Å². The first-order valence-electron chi connectivity index (χ1n) is 11.5. The van der Waals surface area contributed by atoms with Crippen LogP contribution >= 0.6 is 0 Å². The molecule has 1 saturated carbocycles. The SMILES string of the molecule is Fc1cc(F)cc(-n2cnc(Nc3cc(C4CC4)cc(N4CCN(C5COC5)CC4)c3)n2)c1. The van der Waals surface area contributed by atoms with Crippen LogP contribution in [0.25, 0.3) is 5.69 Å². The molecule has 0 amide bonds. The van der Waals surface area contributed by atoms with E-state index in [0.29, 0.717) is 17.9 Å². The minimum Gasteiger partial charge on any atom is -0.378 e. The van der Waals surface area contributed by atoms with Gasteiger partial charge >= 0.3 is 0 Å². The number of halogens is 2. The molecule has 33 heavy (non-hydrogen) atoms. The number of hydrogen-bond donors (Lipinski definition) is 1. The number of ether oxygens (including phenoxy) is 1. The average Bonchev–Trinajstić information content (AvgIpc) is 3.51. The molecule has 7 nitrogen and oxygen atoms in total. The van der Waals surface area contributed by atoms with E-state index in [0.717, 1.165) is 51.1 Å². The van der Waals surface area contributed by atoms with Gasteiger partial charge < -0.3 is 15.0 Å². The second kappa shape index (κ2) is 8.39. The third-order valence-corrected chi connectivity index (χ3v) is 6.66. The maximum atomic E-state index is 13.6. The lowest BCUT2D eigenvalue weighted by Crippen LogP contribution is -2.56. The average molecular weight is 453 g/mol.